The van der Waals surface area contributed by atoms with Crippen molar-refractivity contribution < 1.29 is 8.42 Å². The minimum atomic E-state index is -3.12. The molecule has 1 aromatic heterocycles. The minimum absolute atomic E-state index is 0.107. The predicted octanol–water partition coefficient (Wildman–Crippen LogP) is 1.00. The molecule has 0 saturated carbocycles. The zero-order valence-electron chi connectivity index (χ0n) is 10.4. The van der Waals surface area contributed by atoms with E-state index in [1.807, 2.05) is 22.9 Å². The first kappa shape index (κ1) is 12.4. The molecule has 0 amide bonds. The van der Waals surface area contributed by atoms with Gasteiger partial charge in [0.2, 0.25) is 0 Å². The van der Waals surface area contributed by atoms with Crippen LogP contribution in [0.4, 0.5) is 0 Å². The maximum atomic E-state index is 12.0. The van der Waals surface area contributed by atoms with Crippen LogP contribution in [0.25, 0.3) is 0 Å². The lowest BCUT2D eigenvalue weighted by molar-refractivity contribution is 0.531. The maximum Gasteiger partial charge on any atom is 0.180 e. The lowest BCUT2D eigenvalue weighted by Gasteiger charge is -2.12. The Kier molecular flexibility index (Phi) is 3.12. The summed E-state index contributed by atoms with van der Waals surface area (Å²) < 4.78 is 26.0. The molecule has 2 aromatic rings. The smallest absolute Gasteiger partial charge is 0.180 e. The van der Waals surface area contributed by atoms with E-state index in [0.29, 0.717) is 11.4 Å². The Morgan fingerprint density at radius 1 is 1.37 bits per heavy atom. The van der Waals surface area contributed by atoms with Gasteiger partial charge in [0.05, 0.1) is 17.0 Å². The van der Waals surface area contributed by atoms with Gasteiger partial charge in [0.15, 0.2) is 9.84 Å². The van der Waals surface area contributed by atoms with Crippen LogP contribution in [0.1, 0.15) is 11.6 Å². The molecule has 0 spiro atoms. The van der Waals surface area contributed by atoms with Crippen LogP contribution in [0, 0.1) is 0 Å². The van der Waals surface area contributed by atoms with Crippen LogP contribution in [0.2, 0.25) is 0 Å². The van der Waals surface area contributed by atoms with Crippen LogP contribution in [-0.2, 0) is 16.4 Å². The fourth-order valence-corrected chi connectivity index (χ4v) is 4.18. The molecule has 1 atom stereocenters. The Hall–Kier alpha value is -1.66. The molecule has 3 rings (SSSR count). The Morgan fingerprint density at radius 2 is 2.21 bits per heavy atom. The third-order valence-electron chi connectivity index (χ3n) is 3.34. The summed E-state index contributed by atoms with van der Waals surface area (Å²) in [5, 5.41) is 3.30. The number of nitrogens with one attached hydrogen (secondary N) is 1. The quantitative estimate of drug-likeness (QED) is 0.905. The molecule has 0 bridgehead atoms. The molecule has 1 aliphatic rings. The topological polar surface area (TPSA) is 64.0 Å². The molecule has 1 unspecified atom stereocenters. The normalized spacial score (nSPS) is 20.3. The van der Waals surface area contributed by atoms with E-state index in [1.165, 1.54) is 0 Å². The average Bonchev–Trinajstić information content (AvgIpc) is 2.98. The molecule has 5 nitrogen and oxygen atoms in total. The van der Waals surface area contributed by atoms with Crippen LogP contribution in [0.5, 0.6) is 0 Å². The monoisotopic (exact) mass is 277 g/mol. The molecule has 1 aromatic carbocycles. The Balaban J connectivity index is 1.70. The maximum absolute atomic E-state index is 12.0. The lowest BCUT2D eigenvalue weighted by Crippen LogP contribution is -2.26. The molecule has 0 saturated heterocycles. The van der Waals surface area contributed by atoms with Crippen molar-refractivity contribution in [3.8, 4) is 0 Å². The van der Waals surface area contributed by atoms with Crippen molar-refractivity contribution in [3.05, 3.63) is 48.5 Å². The molecule has 0 radical (unpaired) electrons. The van der Waals surface area contributed by atoms with Gasteiger partial charge in [-0.3, -0.25) is 0 Å². The molecule has 1 N–H and O–H groups in total. The average molecular weight is 277 g/mol. The van der Waals surface area contributed by atoms with Crippen LogP contribution < -0.4 is 5.32 Å². The van der Waals surface area contributed by atoms with Crippen molar-refractivity contribution in [1.82, 2.24) is 14.9 Å². The van der Waals surface area contributed by atoms with E-state index in [4.69, 9.17) is 0 Å². The number of hydrogen-bond donors (Lipinski definition) is 1. The number of fused-ring (bicyclic) bond motifs is 1. The third kappa shape index (κ3) is 2.41. The number of aromatic nitrogens is 2. The van der Waals surface area contributed by atoms with Gasteiger partial charge in [-0.15, -0.1) is 0 Å². The van der Waals surface area contributed by atoms with Gasteiger partial charge >= 0.3 is 0 Å². The summed E-state index contributed by atoms with van der Waals surface area (Å²) in [6.07, 6.45) is 5.37. The van der Waals surface area contributed by atoms with Crippen molar-refractivity contribution in [2.45, 2.75) is 17.5 Å². The summed E-state index contributed by atoms with van der Waals surface area (Å²) in [5.41, 5.74) is 0.883. The number of nitrogens with zero attached hydrogens (tertiary/aromatic N) is 2. The lowest BCUT2D eigenvalue weighted by atomic mass is 10.1. The SMILES string of the molecule is O=S1(=O)CC(NCCn2ccnc2)c2ccccc21. The van der Waals surface area contributed by atoms with Gasteiger partial charge in [-0.05, 0) is 11.6 Å². The van der Waals surface area contributed by atoms with Gasteiger partial charge < -0.3 is 9.88 Å². The van der Waals surface area contributed by atoms with E-state index in [2.05, 4.69) is 10.3 Å². The molecule has 19 heavy (non-hydrogen) atoms. The van der Waals surface area contributed by atoms with Crippen molar-refractivity contribution >= 4 is 9.84 Å². The number of hydrogen-bond acceptors (Lipinski definition) is 4. The highest BCUT2D eigenvalue weighted by molar-refractivity contribution is 7.91. The molecule has 0 fully saturated rings. The zero-order valence-corrected chi connectivity index (χ0v) is 11.2. The summed E-state index contributed by atoms with van der Waals surface area (Å²) in [6.45, 7) is 1.49. The molecular formula is C13H15N3O2S. The highest BCUT2D eigenvalue weighted by Gasteiger charge is 2.33. The second-order valence-corrected chi connectivity index (χ2v) is 6.63. The standard InChI is InChI=1S/C13H15N3O2S/c17-19(18)9-12(11-3-1-2-4-13(11)19)15-6-8-16-7-5-14-10-16/h1-5,7,10,12,15H,6,8-9H2. The molecule has 1 aliphatic heterocycles. The third-order valence-corrected chi connectivity index (χ3v) is 5.15. The van der Waals surface area contributed by atoms with Gasteiger partial charge in [-0.25, -0.2) is 13.4 Å². The Bertz CT molecular complexity index is 665. The van der Waals surface area contributed by atoms with Gasteiger partial charge in [0.25, 0.3) is 0 Å². The van der Waals surface area contributed by atoms with Gasteiger partial charge in [-0.1, -0.05) is 18.2 Å². The van der Waals surface area contributed by atoms with Gasteiger partial charge in [0.1, 0.15) is 0 Å². The summed E-state index contributed by atoms with van der Waals surface area (Å²) in [4.78, 5) is 4.44. The van der Waals surface area contributed by atoms with Gasteiger partial charge in [-0.2, -0.15) is 0 Å². The predicted molar refractivity (Wildman–Crippen MR) is 71.5 cm³/mol. The van der Waals surface area contributed by atoms with E-state index in [1.54, 1.807) is 24.7 Å². The van der Waals surface area contributed by atoms with E-state index < -0.39 is 9.84 Å². The first-order valence-electron chi connectivity index (χ1n) is 6.17. The highest BCUT2D eigenvalue weighted by Crippen LogP contribution is 2.32. The van der Waals surface area contributed by atoms with Crippen molar-refractivity contribution in [3.63, 3.8) is 0 Å². The first-order valence-corrected chi connectivity index (χ1v) is 7.83. The fraction of sp³-hybridized carbons (Fsp3) is 0.308. The van der Waals surface area contributed by atoms with Crippen molar-refractivity contribution in [2.75, 3.05) is 12.3 Å². The first-order chi connectivity index (χ1) is 9.17. The number of rotatable bonds is 4. The summed E-state index contributed by atoms with van der Waals surface area (Å²) in [5.74, 6) is 0.149. The van der Waals surface area contributed by atoms with Crippen molar-refractivity contribution in [2.24, 2.45) is 0 Å². The van der Waals surface area contributed by atoms with E-state index in [0.717, 1.165) is 12.1 Å². The highest BCUT2D eigenvalue weighted by atomic mass is 32.2. The molecular weight excluding hydrogens is 262 g/mol. The summed E-state index contributed by atoms with van der Waals surface area (Å²) in [6, 6.07) is 7.11. The fourth-order valence-electron chi connectivity index (χ4n) is 2.41. The van der Waals surface area contributed by atoms with Crippen LogP contribution in [0.3, 0.4) is 0 Å². The van der Waals surface area contributed by atoms with E-state index in [-0.39, 0.29) is 11.8 Å². The molecule has 2 heterocycles. The Labute approximate surface area is 112 Å². The number of benzene rings is 1. The second kappa shape index (κ2) is 4.79. The van der Waals surface area contributed by atoms with Crippen LogP contribution in [-0.4, -0.2) is 30.3 Å². The van der Waals surface area contributed by atoms with Crippen LogP contribution in [0.15, 0.2) is 47.9 Å². The molecule has 100 valence electrons. The molecule has 0 aliphatic carbocycles. The largest absolute Gasteiger partial charge is 0.336 e. The van der Waals surface area contributed by atoms with E-state index in [9.17, 15) is 8.42 Å². The zero-order chi connectivity index (χ0) is 13.3. The summed E-state index contributed by atoms with van der Waals surface area (Å²) in [7, 11) is -3.12. The summed E-state index contributed by atoms with van der Waals surface area (Å²) >= 11 is 0. The Morgan fingerprint density at radius 3 is 3.00 bits per heavy atom. The van der Waals surface area contributed by atoms with Crippen molar-refractivity contribution in [1.29, 1.82) is 0 Å². The molecule has 6 heteroatoms. The van der Waals surface area contributed by atoms with E-state index >= 15 is 0 Å². The number of sulfone groups is 1. The van der Waals surface area contributed by atoms with Gasteiger partial charge in [0, 0.05) is 31.5 Å². The minimum Gasteiger partial charge on any atom is -0.336 e. The second-order valence-electron chi connectivity index (χ2n) is 4.63. The number of imidazole rings is 1. The van der Waals surface area contributed by atoms with Crippen LogP contribution >= 0.6 is 0 Å².